The Bertz CT molecular complexity index is 1300. The van der Waals surface area contributed by atoms with E-state index < -0.39 is 0 Å². The summed E-state index contributed by atoms with van der Waals surface area (Å²) in [5.41, 5.74) is 10.1. The first-order valence-electron chi connectivity index (χ1n) is 11.1. The average Bonchev–Trinajstić information content (AvgIpc) is 3.29. The maximum atomic E-state index is 9.58. The number of nitrogens with zero attached hydrogens (tertiary/aromatic N) is 7. The van der Waals surface area contributed by atoms with Crippen molar-refractivity contribution in [2.75, 3.05) is 13.1 Å². The largest absolute Gasteiger partial charge is 0.469 e. The second-order valence-corrected chi connectivity index (χ2v) is 8.16. The molecule has 9 heteroatoms. The lowest BCUT2D eigenvalue weighted by Gasteiger charge is -2.26. The number of aliphatic imine (C=N–C) groups is 1. The molecular weight excluding hydrogens is 428 g/mol. The number of aromatic nitrogens is 3. The number of ether oxygens (including phenoxy) is 1. The number of hydrogen-bond acceptors (Lipinski definition) is 8. The zero-order valence-electron chi connectivity index (χ0n) is 19.2. The molecule has 3 aromatic rings. The van der Waals surface area contributed by atoms with Gasteiger partial charge in [0.25, 0.3) is 0 Å². The monoisotopic (exact) mass is 454 g/mol. The maximum Gasteiger partial charge on any atom is 0.201 e. The predicted octanol–water partition coefficient (Wildman–Crippen LogP) is 3.45. The van der Waals surface area contributed by atoms with Crippen LogP contribution in [-0.2, 0) is 0 Å². The summed E-state index contributed by atoms with van der Waals surface area (Å²) in [6, 6.07) is 11.7. The molecule has 2 N–H and O–H groups in total. The summed E-state index contributed by atoms with van der Waals surface area (Å²) in [7, 11) is 0. The van der Waals surface area contributed by atoms with Gasteiger partial charge in [-0.2, -0.15) is 10.5 Å². The number of allylic oxidation sites excluding steroid dienone is 1. The van der Waals surface area contributed by atoms with Gasteiger partial charge in [-0.15, -0.1) is 0 Å². The van der Waals surface area contributed by atoms with Crippen LogP contribution in [-0.4, -0.2) is 44.1 Å². The highest BCUT2D eigenvalue weighted by Gasteiger charge is 2.20. The molecule has 4 heterocycles. The Morgan fingerprint density at radius 2 is 2.06 bits per heavy atom. The van der Waals surface area contributed by atoms with E-state index in [1.807, 2.05) is 44.2 Å². The van der Waals surface area contributed by atoms with Crippen LogP contribution in [0.25, 0.3) is 11.2 Å². The van der Waals surface area contributed by atoms with Gasteiger partial charge < -0.3 is 15.4 Å². The van der Waals surface area contributed by atoms with Crippen molar-refractivity contribution in [1.82, 2.24) is 19.3 Å². The lowest BCUT2D eigenvalue weighted by molar-refractivity contribution is 0.210. The van der Waals surface area contributed by atoms with Crippen molar-refractivity contribution in [2.45, 2.75) is 38.8 Å². The fraction of sp³-hybridized carbons (Fsp3) is 0.320. The van der Waals surface area contributed by atoms with Crippen molar-refractivity contribution in [3.8, 4) is 18.1 Å². The molecule has 0 spiro atoms. The van der Waals surface area contributed by atoms with E-state index in [4.69, 9.17) is 20.7 Å². The summed E-state index contributed by atoms with van der Waals surface area (Å²) in [4.78, 5) is 15.4. The molecule has 1 saturated heterocycles. The summed E-state index contributed by atoms with van der Waals surface area (Å²) in [5, 5.41) is 18.7. The average molecular weight is 455 g/mol. The molecule has 1 aliphatic heterocycles. The molecule has 0 aromatic carbocycles. The maximum absolute atomic E-state index is 9.58. The van der Waals surface area contributed by atoms with Crippen LogP contribution in [0.3, 0.4) is 0 Å². The fourth-order valence-corrected chi connectivity index (χ4v) is 4.12. The topological polar surface area (TPSA) is 129 Å². The SMILES string of the molecule is CC(=NC1CCN(C#N)CC1)/C(=C\N)c1cc(OC(C)c2ccccn2)n2c(C#N)cnc2c1. The standard InChI is InChI=1S/C25H26N8O/c1-17(31-20-6-9-32(16-28)10-7-20)22(14-27)19-11-24-30-15-21(13-26)33(24)25(12-19)34-18(2)23-5-3-4-8-29-23/h3-5,8,11-12,14-15,18,20H,6-7,9-10,27H2,1-2H3/b22-14+,31-17?. The van der Waals surface area contributed by atoms with Crippen LogP contribution in [0, 0.1) is 22.8 Å². The molecule has 1 fully saturated rings. The van der Waals surface area contributed by atoms with E-state index in [2.05, 4.69) is 22.2 Å². The van der Waals surface area contributed by atoms with Gasteiger partial charge in [-0.1, -0.05) is 6.07 Å². The van der Waals surface area contributed by atoms with E-state index in [1.165, 1.54) is 12.4 Å². The summed E-state index contributed by atoms with van der Waals surface area (Å²) < 4.78 is 7.95. The zero-order valence-corrected chi connectivity index (χ0v) is 19.2. The molecule has 1 unspecified atom stereocenters. The van der Waals surface area contributed by atoms with Crippen molar-refractivity contribution in [3.05, 3.63) is 65.9 Å². The Morgan fingerprint density at radius 3 is 2.71 bits per heavy atom. The first-order valence-corrected chi connectivity index (χ1v) is 11.1. The van der Waals surface area contributed by atoms with E-state index in [-0.39, 0.29) is 12.1 Å². The van der Waals surface area contributed by atoms with Crippen molar-refractivity contribution >= 4 is 16.9 Å². The Balaban J connectivity index is 1.69. The Morgan fingerprint density at radius 1 is 1.26 bits per heavy atom. The molecule has 0 bridgehead atoms. The summed E-state index contributed by atoms with van der Waals surface area (Å²) in [5.74, 6) is 0.467. The number of pyridine rings is 2. The van der Waals surface area contributed by atoms with Crippen LogP contribution >= 0.6 is 0 Å². The van der Waals surface area contributed by atoms with Crippen molar-refractivity contribution in [3.63, 3.8) is 0 Å². The highest BCUT2D eigenvalue weighted by atomic mass is 16.5. The fourth-order valence-electron chi connectivity index (χ4n) is 4.12. The van der Waals surface area contributed by atoms with Gasteiger partial charge in [0.1, 0.15) is 23.5 Å². The Labute approximate surface area is 198 Å². The van der Waals surface area contributed by atoms with Crippen LogP contribution in [0.1, 0.15) is 49.7 Å². The molecule has 9 nitrogen and oxygen atoms in total. The number of nitrogens with two attached hydrogens (primary N) is 1. The first kappa shape index (κ1) is 22.8. The summed E-state index contributed by atoms with van der Waals surface area (Å²) in [6.07, 6.45) is 8.27. The number of nitriles is 2. The highest BCUT2D eigenvalue weighted by molar-refractivity contribution is 6.22. The van der Waals surface area contributed by atoms with Gasteiger partial charge in [-0.05, 0) is 50.5 Å². The number of rotatable bonds is 6. The zero-order chi connectivity index (χ0) is 24.1. The van der Waals surface area contributed by atoms with Gasteiger partial charge in [0.05, 0.1) is 17.9 Å². The minimum absolute atomic E-state index is 0.139. The quantitative estimate of drug-likeness (QED) is 0.446. The van der Waals surface area contributed by atoms with E-state index in [0.29, 0.717) is 30.3 Å². The van der Waals surface area contributed by atoms with Crippen molar-refractivity contribution in [2.24, 2.45) is 10.7 Å². The normalized spacial score (nSPS) is 16.2. The van der Waals surface area contributed by atoms with Gasteiger partial charge in [-0.3, -0.25) is 14.4 Å². The number of piperidine rings is 1. The van der Waals surface area contributed by atoms with Crippen molar-refractivity contribution < 1.29 is 4.74 Å². The summed E-state index contributed by atoms with van der Waals surface area (Å²) in [6.45, 7) is 5.26. The predicted molar refractivity (Wildman–Crippen MR) is 129 cm³/mol. The Hall–Kier alpha value is -4.37. The van der Waals surface area contributed by atoms with Gasteiger partial charge in [0.15, 0.2) is 6.19 Å². The third kappa shape index (κ3) is 4.69. The second kappa shape index (κ2) is 10.1. The van der Waals surface area contributed by atoms with Crippen LogP contribution in [0.15, 0.2) is 53.9 Å². The lowest BCUT2D eigenvalue weighted by atomic mass is 10.0. The smallest absolute Gasteiger partial charge is 0.201 e. The highest BCUT2D eigenvalue weighted by Crippen LogP contribution is 2.29. The third-order valence-electron chi connectivity index (χ3n) is 5.94. The second-order valence-electron chi connectivity index (χ2n) is 8.16. The molecule has 1 atom stereocenters. The number of fused-ring (bicyclic) bond motifs is 1. The molecule has 0 aliphatic carbocycles. The van der Waals surface area contributed by atoms with Crippen LogP contribution in [0.4, 0.5) is 0 Å². The molecule has 172 valence electrons. The molecule has 0 radical (unpaired) electrons. The summed E-state index contributed by atoms with van der Waals surface area (Å²) >= 11 is 0. The van der Waals surface area contributed by atoms with E-state index in [9.17, 15) is 5.26 Å². The molecule has 34 heavy (non-hydrogen) atoms. The van der Waals surface area contributed by atoms with Crippen LogP contribution < -0.4 is 10.5 Å². The molecule has 0 amide bonds. The van der Waals surface area contributed by atoms with Crippen molar-refractivity contribution in [1.29, 1.82) is 10.5 Å². The molecule has 0 saturated carbocycles. The van der Waals surface area contributed by atoms with E-state index in [1.54, 1.807) is 15.5 Å². The van der Waals surface area contributed by atoms with Crippen LogP contribution in [0.5, 0.6) is 5.88 Å². The minimum atomic E-state index is -0.348. The third-order valence-corrected chi connectivity index (χ3v) is 5.94. The van der Waals surface area contributed by atoms with E-state index >= 15 is 0 Å². The number of likely N-dealkylation sites (tertiary alicyclic amines) is 1. The first-order chi connectivity index (χ1) is 16.5. The Kier molecular flexibility index (Phi) is 6.74. The van der Waals surface area contributed by atoms with Gasteiger partial charge in [-0.25, -0.2) is 4.98 Å². The van der Waals surface area contributed by atoms with Gasteiger partial charge in [0.2, 0.25) is 5.88 Å². The number of hydrogen-bond donors (Lipinski definition) is 1. The molecule has 4 rings (SSSR count). The number of imidazole rings is 1. The van der Waals surface area contributed by atoms with E-state index in [0.717, 1.165) is 35.4 Å². The van der Waals surface area contributed by atoms with Crippen LogP contribution in [0.2, 0.25) is 0 Å². The van der Waals surface area contributed by atoms with Gasteiger partial charge >= 0.3 is 0 Å². The lowest BCUT2D eigenvalue weighted by Crippen LogP contribution is -2.32. The minimum Gasteiger partial charge on any atom is -0.469 e. The van der Waals surface area contributed by atoms with Gasteiger partial charge in [0, 0.05) is 42.8 Å². The molecular formula is C25H26N8O. The molecule has 3 aromatic heterocycles. The molecule has 1 aliphatic rings.